The number of rotatable bonds is 4. The van der Waals surface area contributed by atoms with Crippen LogP contribution < -0.4 is 4.74 Å². The second-order valence-corrected chi connectivity index (χ2v) is 8.39. The predicted octanol–water partition coefficient (Wildman–Crippen LogP) is 2.63. The molecule has 7 heteroatoms. The van der Waals surface area contributed by atoms with Crippen LogP contribution in [0.5, 0.6) is 5.88 Å². The van der Waals surface area contributed by atoms with Crippen LogP contribution in [0.3, 0.4) is 0 Å². The molecule has 0 spiro atoms. The molecule has 1 aliphatic rings. The Labute approximate surface area is 148 Å². The van der Waals surface area contributed by atoms with Gasteiger partial charge in [-0.25, -0.2) is 13.4 Å². The molecule has 0 saturated carbocycles. The van der Waals surface area contributed by atoms with E-state index in [0.717, 1.165) is 29.5 Å². The number of aromatic nitrogens is 2. The van der Waals surface area contributed by atoms with E-state index in [9.17, 15) is 8.42 Å². The third-order valence-corrected chi connectivity index (χ3v) is 6.54. The van der Waals surface area contributed by atoms with Gasteiger partial charge < -0.3 is 4.74 Å². The summed E-state index contributed by atoms with van der Waals surface area (Å²) in [7, 11) is -3.55. The maximum Gasteiger partial charge on any atom is 0.243 e. The van der Waals surface area contributed by atoms with E-state index in [-0.39, 0.29) is 6.10 Å². The summed E-state index contributed by atoms with van der Waals surface area (Å²) in [6.07, 6.45) is 6.02. The minimum absolute atomic E-state index is 0.216. The first-order valence-corrected chi connectivity index (χ1v) is 9.82. The highest BCUT2D eigenvalue weighted by molar-refractivity contribution is 7.89. The van der Waals surface area contributed by atoms with Crippen molar-refractivity contribution < 1.29 is 13.2 Å². The van der Waals surface area contributed by atoms with Crippen LogP contribution in [0.15, 0.2) is 35.6 Å². The normalized spacial score (nSPS) is 18.9. The minimum Gasteiger partial charge on any atom is -0.472 e. The number of nitrogens with zero attached hydrogens (tertiary/aromatic N) is 3. The smallest absolute Gasteiger partial charge is 0.243 e. The summed E-state index contributed by atoms with van der Waals surface area (Å²) >= 11 is 0. The van der Waals surface area contributed by atoms with E-state index in [2.05, 4.69) is 9.97 Å². The van der Waals surface area contributed by atoms with Crippen molar-refractivity contribution in [3.05, 3.63) is 47.4 Å². The summed E-state index contributed by atoms with van der Waals surface area (Å²) < 4.78 is 33.7. The van der Waals surface area contributed by atoms with Crippen molar-refractivity contribution in [2.24, 2.45) is 0 Å². The van der Waals surface area contributed by atoms with Crippen molar-refractivity contribution in [3.63, 3.8) is 0 Å². The Morgan fingerprint density at radius 3 is 2.52 bits per heavy atom. The Kier molecular flexibility index (Phi) is 5.06. The molecule has 1 aliphatic heterocycles. The Balaban J connectivity index is 1.83. The van der Waals surface area contributed by atoms with E-state index in [0.29, 0.717) is 23.9 Å². The molecule has 1 unspecified atom stereocenters. The highest BCUT2D eigenvalue weighted by Crippen LogP contribution is 2.28. The molecule has 134 valence electrons. The van der Waals surface area contributed by atoms with Crippen LogP contribution in [-0.4, -0.2) is 41.9 Å². The van der Waals surface area contributed by atoms with Gasteiger partial charge in [0.1, 0.15) is 6.10 Å². The van der Waals surface area contributed by atoms with Gasteiger partial charge in [0.15, 0.2) is 0 Å². The number of sulfonamides is 1. The number of aryl methyl sites for hydroxylation is 3. The lowest BCUT2D eigenvalue weighted by molar-refractivity contribution is 0.124. The molecular weight excluding hydrogens is 338 g/mol. The largest absolute Gasteiger partial charge is 0.472 e. The summed E-state index contributed by atoms with van der Waals surface area (Å²) in [5.41, 5.74) is 2.64. The van der Waals surface area contributed by atoms with Gasteiger partial charge in [-0.3, -0.25) is 4.98 Å². The van der Waals surface area contributed by atoms with Gasteiger partial charge in [0.2, 0.25) is 15.9 Å². The van der Waals surface area contributed by atoms with Crippen LogP contribution in [0, 0.1) is 20.8 Å². The fraction of sp³-hybridized carbons (Fsp3) is 0.444. The predicted molar refractivity (Wildman–Crippen MR) is 95.1 cm³/mol. The molecule has 0 radical (unpaired) electrons. The lowest BCUT2D eigenvalue weighted by atomic mass is 10.1. The van der Waals surface area contributed by atoms with E-state index in [1.54, 1.807) is 18.6 Å². The lowest BCUT2D eigenvalue weighted by Crippen LogP contribution is -2.44. The van der Waals surface area contributed by atoms with Crippen molar-refractivity contribution in [1.29, 1.82) is 0 Å². The number of piperidine rings is 1. The van der Waals surface area contributed by atoms with Gasteiger partial charge in [0, 0.05) is 18.9 Å². The number of ether oxygens (including phenoxy) is 1. The zero-order valence-corrected chi connectivity index (χ0v) is 15.6. The van der Waals surface area contributed by atoms with Crippen LogP contribution in [0.4, 0.5) is 0 Å². The SMILES string of the molecule is Cc1cc(C)c(S(=O)(=O)N2CCCC(Oc3cnccn3)C2)c(C)c1. The molecule has 0 amide bonds. The molecule has 1 saturated heterocycles. The summed E-state index contributed by atoms with van der Waals surface area (Å²) in [5, 5.41) is 0. The first-order valence-electron chi connectivity index (χ1n) is 8.38. The molecule has 0 bridgehead atoms. The summed E-state index contributed by atoms with van der Waals surface area (Å²) in [4.78, 5) is 8.50. The van der Waals surface area contributed by atoms with Gasteiger partial charge >= 0.3 is 0 Å². The zero-order valence-electron chi connectivity index (χ0n) is 14.8. The Morgan fingerprint density at radius 2 is 1.88 bits per heavy atom. The number of hydrogen-bond acceptors (Lipinski definition) is 5. The third kappa shape index (κ3) is 3.82. The fourth-order valence-electron chi connectivity index (χ4n) is 3.44. The average Bonchev–Trinajstić information content (AvgIpc) is 2.55. The molecule has 1 aromatic carbocycles. The molecule has 1 aromatic heterocycles. The van der Waals surface area contributed by atoms with Gasteiger partial charge in [0.05, 0.1) is 17.6 Å². The second kappa shape index (κ2) is 7.09. The van der Waals surface area contributed by atoms with Crippen molar-refractivity contribution in [1.82, 2.24) is 14.3 Å². The van der Waals surface area contributed by atoms with E-state index < -0.39 is 10.0 Å². The molecule has 25 heavy (non-hydrogen) atoms. The van der Waals surface area contributed by atoms with Gasteiger partial charge in [-0.2, -0.15) is 4.31 Å². The van der Waals surface area contributed by atoms with Gasteiger partial charge in [-0.15, -0.1) is 0 Å². The van der Waals surface area contributed by atoms with E-state index in [1.807, 2.05) is 32.9 Å². The molecule has 2 aromatic rings. The molecule has 3 rings (SSSR count). The van der Waals surface area contributed by atoms with E-state index in [1.165, 1.54) is 4.31 Å². The fourth-order valence-corrected chi connectivity index (χ4v) is 5.36. The Bertz CT molecular complexity index is 830. The van der Waals surface area contributed by atoms with E-state index >= 15 is 0 Å². The highest BCUT2D eigenvalue weighted by Gasteiger charge is 2.33. The maximum atomic E-state index is 13.2. The molecule has 1 fully saturated rings. The van der Waals surface area contributed by atoms with Crippen molar-refractivity contribution in [3.8, 4) is 5.88 Å². The van der Waals surface area contributed by atoms with Crippen LogP contribution >= 0.6 is 0 Å². The molecule has 0 N–H and O–H groups in total. The summed E-state index contributed by atoms with van der Waals surface area (Å²) in [6.45, 7) is 6.51. The highest BCUT2D eigenvalue weighted by atomic mass is 32.2. The minimum atomic E-state index is -3.55. The summed E-state index contributed by atoms with van der Waals surface area (Å²) in [5.74, 6) is 0.425. The summed E-state index contributed by atoms with van der Waals surface area (Å²) in [6, 6.07) is 3.83. The Morgan fingerprint density at radius 1 is 1.16 bits per heavy atom. The quantitative estimate of drug-likeness (QED) is 0.837. The number of benzene rings is 1. The topological polar surface area (TPSA) is 72.4 Å². The van der Waals surface area contributed by atoms with Crippen LogP contribution in [0.2, 0.25) is 0 Å². The van der Waals surface area contributed by atoms with Crippen molar-refractivity contribution in [2.45, 2.75) is 44.6 Å². The molecule has 0 aliphatic carbocycles. The molecule has 2 heterocycles. The number of hydrogen-bond donors (Lipinski definition) is 0. The first-order chi connectivity index (χ1) is 11.9. The van der Waals surface area contributed by atoms with Crippen LogP contribution in [0.1, 0.15) is 29.5 Å². The second-order valence-electron chi connectivity index (χ2n) is 6.52. The van der Waals surface area contributed by atoms with Crippen LogP contribution in [0.25, 0.3) is 0 Å². The molecular formula is C18H23N3O3S. The third-order valence-electron chi connectivity index (χ3n) is 4.37. The molecule has 6 nitrogen and oxygen atoms in total. The standard InChI is InChI=1S/C18H23N3O3S/c1-13-9-14(2)18(15(3)10-13)25(22,23)21-8-4-5-16(12-21)24-17-11-19-6-7-20-17/h6-7,9-11,16H,4-5,8,12H2,1-3H3. The van der Waals surface area contributed by atoms with Crippen molar-refractivity contribution >= 4 is 10.0 Å². The van der Waals surface area contributed by atoms with E-state index in [4.69, 9.17) is 4.74 Å². The Hall–Kier alpha value is -1.99. The van der Waals surface area contributed by atoms with Crippen LogP contribution in [-0.2, 0) is 10.0 Å². The van der Waals surface area contributed by atoms with Gasteiger partial charge in [-0.1, -0.05) is 17.7 Å². The van der Waals surface area contributed by atoms with Gasteiger partial charge in [0.25, 0.3) is 0 Å². The average molecular weight is 361 g/mol. The maximum absolute atomic E-state index is 13.2. The first kappa shape index (κ1) is 17.8. The van der Waals surface area contributed by atoms with Crippen molar-refractivity contribution in [2.75, 3.05) is 13.1 Å². The monoisotopic (exact) mass is 361 g/mol. The zero-order chi connectivity index (χ0) is 18.0. The lowest BCUT2D eigenvalue weighted by Gasteiger charge is -2.32. The molecule has 1 atom stereocenters. The van der Waals surface area contributed by atoms with Gasteiger partial charge in [-0.05, 0) is 44.7 Å².